The summed E-state index contributed by atoms with van der Waals surface area (Å²) in [6.07, 6.45) is 1.48. The number of ether oxygens (including phenoxy) is 3. The second kappa shape index (κ2) is 11.4. The number of benzene rings is 3. The van der Waals surface area contributed by atoms with E-state index in [0.717, 1.165) is 5.56 Å². The summed E-state index contributed by atoms with van der Waals surface area (Å²) in [6.45, 7) is 0.255. The van der Waals surface area contributed by atoms with Crippen LogP contribution in [0.15, 0.2) is 70.7 Å². The van der Waals surface area contributed by atoms with Gasteiger partial charge >= 0.3 is 0 Å². The maximum atomic E-state index is 12.6. The molecule has 0 saturated heterocycles. The standard InChI is InChI=1S/C25H20BrClN2O4/c1-31-20-9-7-19(8-10-20)29-25(30)18(14-28)11-17-12-23(32-2)24(13-21(17)26)33-15-16-5-3-4-6-22(16)27/h3-13H,15H2,1-2H3,(H,29,30)/b18-11-. The van der Waals surface area contributed by atoms with Crippen molar-refractivity contribution in [2.75, 3.05) is 19.5 Å². The Kier molecular flexibility index (Phi) is 8.36. The molecule has 6 nitrogen and oxygen atoms in total. The zero-order chi connectivity index (χ0) is 23.8. The molecule has 3 rings (SSSR count). The van der Waals surface area contributed by atoms with Crippen LogP contribution in [0.3, 0.4) is 0 Å². The van der Waals surface area contributed by atoms with Gasteiger partial charge < -0.3 is 19.5 Å². The van der Waals surface area contributed by atoms with Crippen LogP contribution in [0.2, 0.25) is 5.02 Å². The first-order valence-electron chi connectivity index (χ1n) is 9.76. The van der Waals surface area contributed by atoms with Gasteiger partial charge in [-0.2, -0.15) is 5.26 Å². The molecule has 0 aromatic heterocycles. The average molecular weight is 528 g/mol. The van der Waals surface area contributed by atoms with Crippen LogP contribution in [-0.4, -0.2) is 20.1 Å². The number of carbonyl (C=O) groups is 1. The van der Waals surface area contributed by atoms with Crippen molar-refractivity contribution in [1.29, 1.82) is 5.26 Å². The zero-order valence-electron chi connectivity index (χ0n) is 17.9. The number of rotatable bonds is 8. The van der Waals surface area contributed by atoms with E-state index in [4.69, 9.17) is 25.8 Å². The van der Waals surface area contributed by atoms with Gasteiger partial charge in [-0.25, -0.2) is 0 Å². The summed E-state index contributed by atoms with van der Waals surface area (Å²) in [5, 5.41) is 12.8. The maximum absolute atomic E-state index is 12.6. The van der Waals surface area contributed by atoms with E-state index < -0.39 is 5.91 Å². The molecule has 8 heteroatoms. The second-order valence-electron chi connectivity index (χ2n) is 6.76. The van der Waals surface area contributed by atoms with Crippen molar-refractivity contribution in [2.24, 2.45) is 0 Å². The number of amides is 1. The summed E-state index contributed by atoms with van der Waals surface area (Å²) in [6, 6.07) is 19.6. The number of nitriles is 1. The minimum Gasteiger partial charge on any atom is -0.497 e. The van der Waals surface area contributed by atoms with Gasteiger partial charge in [0.1, 0.15) is 24.0 Å². The van der Waals surface area contributed by atoms with Crippen molar-refractivity contribution in [2.45, 2.75) is 6.61 Å². The lowest BCUT2D eigenvalue weighted by Crippen LogP contribution is -2.13. The molecule has 0 atom stereocenters. The zero-order valence-corrected chi connectivity index (χ0v) is 20.2. The molecule has 0 unspecified atom stereocenters. The quantitative estimate of drug-likeness (QED) is 0.277. The van der Waals surface area contributed by atoms with Crippen LogP contribution < -0.4 is 19.5 Å². The van der Waals surface area contributed by atoms with Gasteiger partial charge in [0.15, 0.2) is 11.5 Å². The molecule has 0 heterocycles. The third kappa shape index (κ3) is 6.28. The summed E-state index contributed by atoms with van der Waals surface area (Å²) in [7, 11) is 3.07. The summed E-state index contributed by atoms with van der Waals surface area (Å²) >= 11 is 9.67. The van der Waals surface area contributed by atoms with Crippen LogP contribution in [0.25, 0.3) is 6.08 Å². The molecule has 168 valence electrons. The average Bonchev–Trinajstić information content (AvgIpc) is 2.83. The molecule has 0 aliphatic heterocycles. The molecule has 0 fully saturated rings. The number of carbonyl (C=O) groups excluding carboxylic acids is 1. The van der Waals surface area contributed by atoms with E-state index in [1.165, 1.54) is 13.2 Å². The van der Waals surface area contributed by atoms with Gasteiger partial charge in [-0.05, 0) is 54.1 Å². The smallest absolute Gasteiger partial charge is 0.266 e. The predicted octanol–water partition coefficient (Wildman–Crippen LogP) is 6.24. The normalized spacial score (nSPS) is 10.8. The van der Waals surface area contributed by atoms with Gasteiger partial charge in [0, 0.05) is 20.7 Å². The lowest BCUT2D eigenvalue weighted by Gasteiger charge is -2.14. The molecule has 1 N–H and O–H groups in total. The molecular weight excluding hydrogens is 508 g/mol. The molecular formula is C25H20BrClN2O4. The van der Waals surface area contributed by atoms with Crippen molar-refractivity contribution >= 4 is 45.2 Å². The van der Waals surface area contributed by atoms with Crippen molar-refractivity contribution < 1.29 is 19.0 Å². The van der Waals surface area contributed by atoms with E-state index in [1.54, 1.807) is 49.6 Å². The van der Waals surface area contributed by atoms with E-state index in [-0.39, 0.29) is 12.2 Å². The highest BCUT2D eigenvalue weighted by molar-refractivity contribution is 9.10. The Morgan fingerprint density at radius 2 is 1.82 bits per heavy atom. The predicted molar refractivity (Wildman–Crippen MR) is 132 cm³/mol. The molecule has 0 bridgehead atoms. The first-order chi connectivity index (χ1) is 15.9. The van der Waals surface area contributed by atoms with Crippen LogP contribution in [0, 0.1) is 11.3 Å². The van der Waals surface area contributed by atoms with Gasteiger partial charge in [-0.3, -0.25) is 4.79 Å². The number of halogens is 2. The van der Waals surface area contributed by atoms with Crippen LogP contribution in [-0.2, 0) is 11.4 Å². The van der Waals surface area contributed by atoms with Crippen LogP contribution in [0.4, 0.5) is 5.69 Å². The van der Waals surface area contributed by atoms with Gasteiger partial charge in [0.2, 0.25) is 0 Å². The molecule has 0 spiro atoms. The van der Waals surface area contributed by atoms with Gasteiger partial charge in [-0.15, -0.1) is 0 Å². The maximum Gasteiger partial charge on any atom is 0.266 e. The Labute approximate surface area is 205 Å². The Bertz CT molecular complexity index is 1220. The fourth-order valence-electron chi connectivity index (χ4n) is 2.88. The fourth-order valence-corrected chi connectivity index (χ4v) is 3.51. The summed E-state index contributed by atoms with van der Waals surface area (Å²) in [5.41, 5.74) is 1.89. The van der Waals surface area contributed by atoms with Gasteiger partial charge in [0.25, 0.3) is 5.91 Å². The molecule has 33 heavy (non-hydrogen) atoms. The van der Waals surface area contributed by atoms with Gasteiger partial charge in [0.05, 0.1) is 14.2 Å². The van der Waals surface area contributed by atoms with Crippen LogP contribution >= 0.6 is 27.5 Å². The molecule has 0 aliphatic rings. The summed E-state index contributed by atoms with van der Waals surface area (Å²) in [4.78, 5) is 12.6. The van der Waals surface area contributed by atoms with E-state index in [2.05, 4.69) is 21.2 Å². The highest BCUT2D eigenvalue weighted by Gasteiger charge is 2.14. The van der Waals surface area contributed by atoms with Crippen LogP contribution in [0.1, 0.15) is 11.1 Å². The Morgan fingerprint density at radius 3 is 2.45 bits per heavy atom. The lowest BCUT2D eigenvalue weighted by molar-refractivity contribution is -0.112. The van der Waals surface area contributed by atoms with Crippen LogP contribution in [0.5, 0.6) is 17.2 Å². The Hall–Kier alpha value is -3.47. The molecule has 3 aromatic carbocycles. The lowest BCUT2D eigenvalue weighted by atomic mass is 10.1. The highest BCUT2D eigenvalue weighted by atomic mass is 79.9. The highest BCUT2D eigenvalue weighted by Crippen LogP contribution is 2.35. The van der Waals surface area contributed by atoms with E-state index >= 15 is 0 Å². The number of hydrogen-bond donors (Lipinski definition) is 1. The van der Waals surface area contributed by atoms with E-state index in [9.17, 15) is 10.1 Å². The molecule has 0 saturated carbocycles. The largest absolute Gasteiger partial charge is 0.497 e. The number of anilines is 1. The topological polar surface area (TPSA) is 80.6 Å². The van der Waals surface area contributed by atoms with E-state index in [0.29, 0.717) is 38.0 Å². The minimum absolute atomic E-state index is 0.0710. The second-order valence-corrected chi connectivity index (χ2v) is 8.02. The third-order valence-corrected chi connectivity index (χ3v) is 5.69. The van der Waals surface area contributed by atoms with Crippen molar-refractivity contribution in [3.63, 3.8) is 0 Å². The SMILES string of the molecule is COc1ccc(NC(=O)/C(C#N)=C\c2cc(OC)c(OCc3ccccc3Cl)cc2Br)cc1. The first kappa shape index (κ1) is 24.2. The number of nitrogens with zero attached hydrogens (tertiary/aromatic N) is 1. The molecule has 1 amide bonds. The van der Waals surface area contributed by atoms with Crippen molar-refractivity contribution in [1.82, 2.24) is 0 Å². The summed E-state index contributed by atoms with van der Waals surface area (Å²) < 4.78 is 17.1. The number of hydrogen-bond acceptors (Lipinski definition) is 5. The third-order valence-electron chi connectivity index (χ3n) is 4.64. The molecule has 0 aliphatic carbocycles. The van der Waals surface area contributed by atoms with Crippen molar-refractivity contribution in [3.05, 3.63) is 86.9 Å². The fraction of sp³-hybridized carbons (Fsp3) is 0.120. The number of nitrogens with one attached hydrogen (secondary N) is 1. The minimum atomic E-state index is -0.535. The Balaban J connectivity index is 1.81. The number of methoxy groups -OCH3 is 2. The summed E-state index contributed by atoms with van der Waals surface area (Å²) in [5.74, 6) is 1.07. The first-order valence-corrected chi connectivity index (χ1v) is 10.9. The molecule has 0 radical (unpaired) electrons. The van der Waals surface area contributed by atoms with E-state index in [1.807, 2.05) is 24.3 Å². The monoisotopic (exact) mass is 526 g/mol. The Morgan fingerprint density at radius 1 is 1.09 bits per heavy atom. The van der Waals surface area contributed by atoms with Gasteiger partial charge in [-0.1, -0.05) is 45.7 Å². The molecule has 3 aromatic rings. The van der Waals surface area contributed by atoms with Crippen molar-refractivity contribution in [3.8, 4) is 23.3 Å².